The summed E-state index contributed by atoms with van der Waals surface area (Å²) < 4.78 is 0. The van der Waals surface area contributed by atoms with Crippen LogP contribution in [0.4, 0.5) is 0 Å². The zero-order valence-electron chi connectivity index (χ0n) is 7.12. The highest BCUT2D eigenvalue weighted by Gasteiger charge is 2.16. The van der Waals surface area contributed by atoms with Crippen LogP contribution in [0.25, 0.3) is 0 Å². The molecule has 1 aromatic heterocycles. The second-order valence-corrected chi connectivity index (χ2v) is 4.53. The summed E-state index contributed by atoms with van der Waals surface area (Å²) in [5.41, 5.74) is 0. The number of hydrogen-bond donors (Lipinski definition) is 0. The van der Waals surface area contributed by atoms with E-state index in [0.717, 1.165) is 10.8 Å². The first kappa shape index (κ1) is 8.30. The van der Waals surface area contributed by atoms with E-state index in [1.54, 1.807) is 11.3 Å². The smallest absolute Gasteiger partial charge is 0.157 e. The second-order valence-electron chi connectivity index (χ2n) is 3.44. The van der Waals surface area contributed by atoms with E-state index in [-0.39, 0.29) is 0 Å². The maximum Gasteiger partial charge on any atom is 0.157 e. The molecule has 3 heteroatoms. The zero-order chi connectivity index (χ0) is 8.39. The van der Waals surface area contributed by atoms with Gasteiger partial charge in [0.2, 0.25) is 0 Å². The summed E-state index contributed by atoms with van der Waals surface area (Å²) in [5, 5.41) is 0. The fraction of sp³-hybridized carbons (Fsp3) is 0.667. The van der Waals surface area contributed by atoms with E-state index in [9.17, 15) is 0 Å². The third-order valence-electron chi connectivity index (χ3n) is 2.55. The quantitative estimate of drug-likeness (QED) is 0.597. The molecular weight excluding hydrogens is 165 g/mol. The Labute approximate surface area is 78.6 Å². The number of hydrogen-bond acceptors (Lipinski definition) is 2. The summed E-state index contributed by atoms with van der Waals surface area (Å²) in [5.74, 6) is 0.758. The van der Waals surface area contributed by atoms with Crippen LogP contribution in [0.3, 0.4) is 0 Å². The van der Waals surface area contributed by atoms with Crippen molar-refractivity contribution in [3.8, 4) is 0 Å². The fourth-order valence-electron chi connectivity index (χ4n) is 1.88. The lowest BCUT2D eigenvalue weighted by Crippen LogP contribution is -2.02. The molecule has 1 aliphatic carbocycles. The average molecular weight is 177 g/mol. The van der Waals surface area contributed by atoms with E-state index in [0.29, 0.717) is 0 Å². The Morgan fingerprint density at radius 3 is 2.67 bits per heavy atom. The molecule has 0 unspecified atom stereocenters. The number of thiazole rings is 1. The number of rotatable bonds is 1. The first-order valence-corrected chi connectivity index (χ1v) is 5.39. The maximum absolute atomic E-state index is 5.59. The summed E-state index contributed by atoms with van der Waals surface area (Å²) in [6.45, 7) is 0. The van der Waals surface area contributed by atoms with Crippen LogP contribution in [0.2, 0.25) is 0 Å². The highest BCUT2D eigenvalue weighted by Crippen LogP contribution is 2.33. The van der Waals surface area contributed by atoms with Crippen LogP contribution in [-0.2, 0) is 0 Å². The van der Waals surface area contributed by atoms with Crippen LogP contribution < -0.4 is 4.91 Å². The van der Waals surface area contributed by atoms with Gasteiger partial charge in [-0.1, -0.05) is 19.3 Å². The van der Waals surface area contributed by atoms with Gasteiger partial charge in [-0.25, -0.2) is 0 Å². The van der Waals surface area contributed by atoms with Crippen LogP contribution in [-0.4, -0.2) is 12.8 Å². The van der Waals surface area contributed by atoms with Gasteiger partial charge in [0.15, 0.2) is 7.85 Å². The molecule has 2 radical (unpaired) electrons. The molecule has 12 heavy (non-hydrogen) atoms. The Kier molecular flexibility index (Phi) is 2.49. The van der Waals surface area contributed by atoms with Crippen LogP contribution in [0.15, 0.2) is 6.20 Å². The van der Waals surface area contributed by atoms with E-state index in [1.165, 1.54) is 37.0 Å². The molecule has 1 nitrogen and oxygen atoms in total. The van der Waals surface area contributed by atoms with Crippen molar-refractivity contribution in [2.24, 2.45) is 0 Å². The zero-order valence-corrected chi connectivity index (χ0v) is 7.94. The Morgan fingerprint density at radius 2 is 2.08 bits per heavy atom. The molecule has 1 fully saturated rings. The van der Waals surface area contributed by atoms with Crippen molar-refractivity contribution >= 4 is 24.1 Å². The third kappa shape index (κ3) is 1.71. The summed E-state index contributed by atoms with van der Waals surface area (Å²) in [6.07, 6.45) is 8.79. The molecule has 1 saturated carbocycles. The van der Waals surface area contributed by atoms with Gasteiger partial charge in [-0.2, -0.15) is 0 Å². The average Bonchev–Trinajstić information content (AvgIpc) is 2.54. The number of aromatic nitrogens is 1. The van der Waals surface area contributed by atoms with Gasteiger partial charge in [0.1, 0.15) is 0 Å². The van der Waals surface area contributed by atoms with Crippen molar-refractivity contribution in [3.63, 3.8) is 0 Å². The topological polar surface area (TPSA) is 12.9 Å². The first-order chi connectivity index (χ1) is 5.86. The standard InChI is InChI=1S/C9H12BNS/c10-9-11-6-8(12-9)7-4-2-1-3-5-7/h6-7H,1-5H2. The highest BCUT2D eigenvalue weighted by molar-refractivity contribution is 7.19. The van der Waals surface area contributed by atoms with Crippen LogP contribution in [0.5, 0.6) is 0 Å². The van der Waals surface area contributed by atoms with Gasteiger partial charge >= 0.3 is 0 Å². The Hall–Kier alpha value is -0.305. The minimum absolute atomic E-state index is 0.718. The predicted molar refractivity (Wildman–Crippen MR) is 53.3 cm³/mol. The van der Waals surface area contributed by atoms with E-state index in [4.69, 9.17) is 7.85 Å². The minimum Gasteiger partial charge on any atom is -0.261 e. The molecule has 0 aromatic carbocycles. The lowest BCUT2D eigenvalue weighted by atomic mass is 9.89. The van der Waals surface area contributed by atoms with Crippen molar-refractivity contribution in [1.29, 1.82) is 0 Å². The predicted octanol–water partition coefficient (Wildman–Crippen LogP) is 1.98. The summed E-state index contributed by atoms with van der Waals surface area (Å²) >= 11 is 1.66. The first-order valence-electron chi connectivity index (χ1n) is 4.57. The molecule has 0 saturated heterocycles. The molecule has 1 heterocycles. The monoisotopic (exact) mass is 177 g/mol. The fourth-order valence-corrected chi connectivity index (χ4v) is 2.73. The molecule has 0 atom stereocenters. The van der Waals surface area contributed by atoms with E-state index < -0.39 is 0 Å². The van der Waals surface area contributed by atoms with Crippen molar-refractivity contribution < 1.29 is 0 Å². The lowest BCUT2D eigenvalue weighted by molar-refractivity contribution is 0.448. The van der Waals surface area contributed by atoms with Crippen LogP contribution in [0, 0.1) is 0 Å². The molecule has 0 amide bonds. The van der Waals surface area contributed by atoms with Gasteiger partial charge in [-0.15, -0.1) is 11.3 Å². The molecular formula is C9H12BNS. The van der Waals surface area contributed by atoms with E-state index >= 15 is 0 Å². The van der Waals surface area contributed by atoms with Crippen LogP contribution >= 0.6 is 11.3 Å². The minimum atomic E-state index is 0.718. The SMILES string of the molecule is [B]c1ncc(C2CCCCC2)s1. The molecule has 0 bridgehead atoms. The lowest BCUT2D eigenvalue weighted by Gasteiger charge is -2.19. The molecule has 1 aromatic rings. The molecule has 1 aliphatic rings. The van der Waals surface area contributed by atoms with Crippen molar-refractivity contribution in [1.82, 2.24) is 4.98 Å². The Bertz CT molecular complexity index is 253. The molecule has 0 spiro atoms. The van der Waals surface area contributed by atoms with Gasteiger partial charge in [0.05, 0.1) is 0 Å². The van der Waals surface area contributed by atoms with Gasteiger partial charge in [-0.05, 0) is 18.8 Å². The summed E-state index contributed by atoms with van der Waals surface area (Å²) in [4.78, 5) is 6.20. The second kappa shape index (κ2) is 3.61. The highest BCUT2D eigenvalue weighted by atomic mass is 32.1. The number of nitrogens with zero attached hydrogens (tertiary/aromatic N) is 1. The van der Waals surface area contributed by atoms with Gasteiger partial charge in [0, 0.05) is 16.0 Å². The van der Waals surface area contributed by atoms with Gasteiger partial charge in [0.25, 0.3) is 0 Å². The van der Waals surface area contributed by atoms with Gasteiger partial charge in [-0.3, -0.25) is 4.98 Å². The maximum atomic E-state index is 5.59. The molecule has 62 valence electrons. The Balaban J connectivity index is 2.08. The van der Waals surface area contributed by atoms with Crippen molar-refractivity contribution in [3.05, 3.63) is 11.1 Å². The Morgan fingerprint density at radius 1 is 1.33 bits per heavy atom. The van der Waals surface area contributed by atoms with E-state index in [2.05, 4.69) is 4.98 Å². The molecule has 0 aliphatic heterocycles. The molecule has 2 rings (SSSR count). The van der Waals surface area contributed by atoms with Crippen molar-refractivity contribution in [2.45, 2.75) is 38.0 Å². The normalized spacial score (nSPS) is 19.7. The largest absolute Gasteiger partial charge is 0.261 e. The third-order valence-corrected chi connectivity index (χ3v) is 3.54. The van der Waals surface area contributed by atoms with E-state index in [1.807, 2.05) is 6.20 Å². The van der Waals surface area contributed by atoms with Crippen molar-refractivity contribution in [2.75, 3.05) is 0 Å². The summed E-state index contributed by atoms with van der Waals surface area (Å²) in [6, 6.07) is 0. The van der Waals surface area contributed by atoms with Gasteiger partial charge < -0.3 is 0 Å². The summed E-state index contributed by atoms with van der Waals surface area (Å²) in [7, 11) is 5.59. The molecule has 0 N–H and O–H groups in total. The van der Waals surface area contributed by atoms with Crippen LogP contribution in [0.1, 0.15) is 42.9 Å².